The highest BCUT2D eigenvalue weighted by Gasteiger charge is 2.18. The second-order valence-corrected chi connectivity index (χ2v) is 4.80. The van der Waals surface area contributed by atoms with E-state index < -0.39 is 18.0 Å². The summed E-state index contributed by atoms with van der Waals surface area (Å²) in [5.74, 6) is -0.118. The van der Waals surface area contributed by atoms with Crippen LogP contribution in [0.2, 0.25) is 5.02 Å². The number of rotatable bonds is 4. The molecule has 0 spiro atoms. The first-order chi connectivity index (χ1) is 7.41. The summed E-state index contributed by atoms with van der Waals surface area (Å²) >= 11 is 5.66. The van der Waals surface area contributed by atoms with Crippen molar-refractivity contribution in [1.29, 1.82) is 0 Å². The van der Waals surface area contributed by atoms with Crippen LogP contribution in [-0.2, 0) is 0 Å². The Kier molecular flexibility index (Phi) is 7.02. The van der Waals surface area contributed by atoms with Gasteiger partial charge in [0.25, 0.3) is 0 Å². The van der Waals surface area contributed by atoms with Crippen molar-refractivity contribution in [2.75, 3.05) is 0 Å². The number of benzene rings is 1. The molecule has 3 N–H and O–H groups in total. The molecule has 0 aliphatic rings. The third-order valence-electron chi connectivity index (χ3n) is 2.46. The van der Waals surface area contributed by atoms with Crippen LogP contribution in [0.25, 0.3) is 0 Å². The van der Waals surface area contributed by atoms with Crippen LogP contribution in [-0.4, -0.2) is 11.2 Å². The van der Waals surface area contributed by atoms with Gasteiger partial charge in [-0.05, 0) is 30.0 Å². The van der Waals surface area contributed by atoms with E-state index in [0.717, 1.165) is 0 Å². The molecule has 0 saturated heterocycles. The average Bonchev–Trinajstić information content (AvgIpc) is 2.20. The quantitative estimate of drug-likeness (QED) is 0.890. The second-order valence-electron chi connectivity index (χ2n) is 4.40. The van der Waals surface area contributed by atoms with Gasteiger partial charge < -0.3 is 10.8 Å². The molecule has 0 unspecified atom stereocenters. The SMILES string of the molecule is CC(C)C[C@@H](O)[C@@H](N)c1ccc(F)c(Cl)c1.Cl. The average molecular weight is 282 g/mol. The van der Waals surface area contributed by atoms with Crippen LogP contribution in [0.5, 0.6) is 0 Å². The van der Waals surface area contributed by atoms with Crippen LogP contribution >= 0.6 is 24.0 Å². The van der Waals surface area contributed by atoms with Crippen LogP contribution in [0.3, 0.4) is 0 Å². The maximum absolute atomic E-state index is 12.9. The molecule has 17 heavy (non-hydrogen) atoms. The molecule has 0 aliphatic carbocycles. The molecule has 98 valence electrons. The third kappa shape index (κ3) is 4.80. The Bertz CT molecular complexity index is 360. The summed E-state index contributed by atoms with van der Waals surface area (Å²) in [4.78, 5) is 0. The number of aliphatic hydroxyl groups is 1. The van der Waals surface area contributed by atoms with Crippen molar-refractivity contribution in [1.82, 2.24) is 0 Å². The van der Waals surface area contributed by atoms with Gasteiger partial charge in [-0.2, -0.15) is 0 Å². The summed E-state index contributed by atoms with van der Waals surface area (Å²) in [5, 5.41) is 9.87. The molecule has 0 fully saturated rings. The molecule has 5 heteroatoms. The van der Waals surface area contributed by atoms with Crippen molar-refractivity contribution < 1.29 is 9.50 Å². The summed E-state index contributed by atoms with van der Waals surface area (Å²) in [6.45, 7) is 4.02. The van der Waals surface area contributed by atoms with Gasteiger partial charge in [0.2, 0.25) is 0 Å². The Morgan fingerprint density at radius 3 is 2.47 bits per heavy atom. The van der Waals surface area contributed by atoms with E-state index in [0.29, 0.717) is 17.9 Å². The molecule has 0 bridgehead atoms. The van der Waals surface area contributed by atoms with E-state index in [4.69, 9.17) is 17.3 Å². The van der Waals surface area contributed by atoms with Crippen LogP contribution in [0, 0.1) is 11.7 Å². The van der Waals surface area contributed by atoms with Crippen LogP contribution in [0.4, 0.5) is 4.39 Å². The molecule has 0 aliphatic heterocycles. The van der Waals surface area contributed by atoms with Gasteiger partial charge in [0.05, 0.1) is 17.2 Å². The van der Waals surface area contributed by atoms with Crippen molar-refractivity contribution in [3.63, 3.8) is 0 Å². The third-order valence-corrected chi connectivity index (χ3v) is 2.75. The van der Waals surface area contributed by atoms with E-state index in [1.165, 1.54) is 12.1 Å². The smallest absolute Gasteiger partial charge is 0.141 e. The zero-order valence-electron chi connectivity index (χ0n) is 9.86. The minimum Gasteiger partial charge on any atom is -0.391 e. The van der Waals surface area contributed by atoms with Crippen LogP contribution in [0.15, 0.2) is 18.2 Å². The number of nitrogens with two attached hydrogens (primary N) is 1. The van der Waals surface area contributed by atoms with E-state index in [9.17, 15) is 9.50 Å². The Morgan fingerprint density at radius 2 is 2.00 bits per heavy atom. The summed E-state index contributed by atoms with van der Waals surface area (Å²) in [6, 6.07) is 3.75. The van der Waals surface area contributed by atoms with Crippen LogP contribution in [0.1, 0.15) is 31.9 Å². The number of halogens is 3. The van der Waals surface area contributed by atoms with Gasteiger partial charge in [-0.15, -0.1) is 12.4 Å². The normalized spacial score (nSPS) is 14.3. The topological polar surface area (TPSA) is 46.2 Å². The fraction of sp³-hybridized carbons (Fsp3) is 0.500. The predicted octanol–water partition coefficient (Wildman–Crippen LogP) is 3.31. The molecule has 2 nitrogen and oxygen atoms in total. The molecule has 1 rings (SSSR count). The van der Waals surface area contributed by atoms with Gasteiger partial charge in [0.15, 0.2) is 0 Å². The van der Waals surface area contributed by atoms with E-state index in [1.807, 2.05) is 13.8 Å². The first-order valence-electron chi connectivity index (χ1n) is 5.30. The summed E-state index contributed by atoms with van der Waals surface area (Å²) in [7, 11) is 0. The van der Waals surface area contributed by atoms with Crippen molar-refractivity contribution in [2.45, 2.75) is 32.4 Å². The second kappa shape index (κ2) is 7.17. The fourth-order valence-corrected chi connectivity index (χ4v) is 1.76. The number of hydrogen-bond donors (Lipinski definition) is 2. The molecule has 0 amide bonds. The zero-order chi connectivity index (χ0) is 12.3. The van der Waals surface area contributed by atoms with Gasteiger partial charge in [-0.1, -0.05) is 31.5 Å². The molecule has 0 saturated carbocycles. The van der Waals surface area contributed by atoms with Crippen molar-refractivity contribution in [3.05, 3.63) is 34.6 Å². The van der Waals surface area contributed by atoms with Crippen molar-refractivity contribution in [2.24, 2.45) is 11.7 Å². The molecule has 0 heterocycles. The molecule has 1 aromatic rings. The highest BCUT2D eigenvalue weighted by atomic mass is 35.5. The molecule has 2 atom stereocenters. The summed E-state index contributed by atoms with van der Waals surface area (Å²) in [5.41, 5.74) is 6.53. The molecular formula is C12H18Cl2FNO. The highest BCUT2D eigenvalue weighted by Crippen LogP contribution is 2.23. The van der Waals surface area contributed by atoms with Crippen molar-refractivity contribution >= 4 is 24.0 Å². The van der Waals surface area contributed by atoms with E-state index >= 15 is 0 Å². The molecule has 0 radical (unpaired) electrons. The van der Waals surface area contributed by atoms with Gasteiger partial charge in [0, 0.05) is 0 Å². The molecule has 1 aromatic carbocycles. The summed E-state index contributed by atoms with van der Waals surface area (Å²) < 4.78 is 12.9. The first-order valence-corrected chi connectivity index (χ1v) is 5.68. The Hall–Kier alpha value is -0.350. The minimum absolute atomic E-state index is 0. The predicted molar refractivity (Wildman–Crippen MR) is 71.0 cm³/mol. The maximum Gasteiger partial charge on any atom is 0.141 e. The first kappa shape index (κ1) is 16.6. The highest BCUT2D eigenvalue weighted by molar-refractivity contribution is 6.30. The van der Waals surface area contributed by atoms with Crippen molar-refractivity contribution in [3.8, 4) is 0 Å². The fourth-order valence-electron chi connectivity index (χ4n) is 1.57. The Morgan fingerprint density at radius 1 is 1.41 bits per heavy atom. The standard InChI is InChI=1S/C12H17ClFNO.ClH/c1-7(2)5-11(16)12(15)8-3-4-10(14)9(13)6-8;/h3-4,6-7,11-12,16H,5,15H2,1-2H3;1H/t11-,12+;/m1./s1. The minimum atomic E-state index is -0.637. The lowest BCUT2D eigenvalue weighted by Gasteiger charge is -2.21. The lowest BCUT2D eigenvalue weighted by Crippen LogP contribution is -2.27. The van der Waals surface area contributed by atoms with Gasteiger partial charge in [-0.25, -0.2) is 4.39 Å². The lowest BCUT2D eigenvalue weighted by molar-refractivity contribution is 0.121. The van der Waals surface area contributed by atoms with Gasteiger partial charge in [0.1, 0.15) is 5.82 Å². The monoisotopic (exact) mass is 281 g/mol. The largest absolute Gasteiger partial charge is 0.391 e. The number of aliphatic hydroxyl groups excluding tert-OH is 1. The summed E-state index contributed by atoms with van der Waals surface area (Å²) in [6.07, 6.45) is -0.0302. The van der Waals surface area contributed by atoms with E-state index in [2.05, 4.69) is 0 Å². The zero-order valence-corrected chi connectivity index (χ0v) is 11.4. The maximum atomic E-state index is 12.9. The van der Waals surface area contributed by atoms with Gasteiger partial charge in [-0.3, -0.25) is 0 Å². The Balaban J connectivity index is 0.00000256. The van der Waals surface area contributed by atoms with E-state index in [1.54, 1.807) is 6.07 Å². The van der Waals surface area contributed by atoms with E-state index in [-0.39, 0.29) is 17.4 Å². The number of hydrogen-bond acceptors (Lipinski definition) is 2. The lowest BCUT2D eigenvalue weighted by atomic mass is 9.95. The van der Waals surface area contributed by atoms with Crippen LogP contribution < -0.4 is 5.73 Å². The Labute approximate surface area is 112 Å². The molecule has 0 aromatic heterocycles. The van der Waals surface area contributed by atoms with Gasteiger partial charge >= 0.3 is 0 Å². The molecular weight excluding hydrogens is 264 g/mol.